The van der Waals surface area contributed by atoms with Gasteiger partial charge in [-0.2, -0.15) is 0 Å². The molecule has 16 heavy (non-hydrogen) atoms. The van der Waals surface area contributed by atoms with Crippen molar-refractivity contribution in [2.24, 2.45) is 0 Å². The lowest BCUT2D eigenvalue weighted by molar-refractivity contribution is -0.128. The van der Waals surface area contributed by atoms with Crippen LogP contribution < -0.4 is 10.6 Å². The van der Waals surface area contributed by atoms with Gasteiger partial charge in [0.1, 0.15) is 0 Å². The molecule has 2 fully saturated rings. The minimum Gasteiger partial charge on any atom is -0.351 e. The second-order valence-electron chi connectivity index (χ2n) is 4.60. The fourth-order valence-corrected chi connectivity index (χ4v) is 2.11. The zero-order valence-corrected chi connectivity index (χ0v) is 9.66. The van der Waals surface area contributed by atoms with Gasteiger partial charge < -0.3 is 15.5 Å². The van der Waals surface area contributed by atoms with Crippen LogP contribution in [0.25, 0.3) is 0 Å². The number of rotatable bonds is 5. The Balaban J connectivity index is 1.75. The second kappa shape index (κ2) is 4.82. The molecule has 2 aliphatic rings. The van der Waals surface area contributed by atoms with Gasteiger partial charge in [0.2, 0.25) is 11.8 Å². The summed E-state index contributed by atoms with van der Waals surface area (Å²) in [4.78, 5) is 25.0. The van der Waals surface area contributed by atoms with E-state index in [2.05, 4.69) is 10.6 Å². The Morgan fingerprint density at radius 1 is 1.50 bits per heavy atom. The average molecular weight is 225 g/mol. The zero-order valence-electron chi connectivity index (χ0n) is 9.66. The molecule has 2 amide bonds. The lowest BCUT2D eigenvalue weighted by atomic mass is 10.2. The molecule has 5 heteroatoms. The van der Waals surface area contributed by atoms with E-state index in [1.165, 1.54) is 0 Å². The van der Waals surface area contributed by atoms with Crippen molar-refractivity contribution in [3.8, 4) is 0 Å². The molecule has 1 saturated heterocycles. The summed E-state index contributed by atoms with van der Waals surface area (Å²) < 4.78 is 0. The van der Waals surface area contributed by atoms with Gasteiger partial charge in [-0.25, -0.2) is 0 Å². The van der Waals surface area contributed by atoms with Gasteiger partial charge in [-0.3, -0.25) is 9.59 Å². The van der Waals surface area contributed by atoms with Crippen LogP contribution in [0, 0.1) is 0 Å². The monoisotopic (exact) mass is 225 g/mol. The number of likely N-dealkylation sites (tertiary alicyclic amines) is 1. The first-order valence-electron chi connectivity index (χ1n) is 5.94. The van der Waals surface area contributed by atoms with Gasteiger partial charge in [0.25, 0.3) is 0 Å². The van der Waals surface area contributed by atoms with Crippen molar-refractivity contribution in [1.29, 1.82) is 0 Å². The van der Waals surface area contributed by atoms with E-state index in [1.54, 1.807) is 0 Å². The summed E-state index contributed by atoms with van der Waals surface area (Å²) in [5.74, 6) is 0.228. The maximum absolute atomic E-state index is 11.6. The summed E-state index contributed by atoms with van der Waals surface area (Å²) in [5, 5.41) is 5.85. The van der Waals surface area contributed by atoms with E-state index in [0.29, 0.717) is 32.0 Å². The lowest BCUT2D eigenvalue weighted by Crippen LogP contribution is -2.38. The van der Waals surface area contributed by atoms with E-state index < -0.39 is 0 Å². The fourth-order valence-electron chi connectivity index (χ4n) is 2.11. The molecule has 1 aliphatic heterocycles. The molecule has 1 heterocycles. The minimum atomic E-state index is 0.0254. The van der Waals surface area contributed by atoms with E-state index in [9.17, 15) is 9.59 Å². The first-order valence-corrected chi connectivity index (χ1v) is 5.94. The molecule has 0 aromatic carbocycles. The molecule has 1 atom stereocenters. The topological polar surface area (TPSA) is 61.4 Å². The number of nitrogens with zero attached hydrogens (tertiary/aromatic N) is 1. The molecule has 0 bridgehead atoms. The molecule has 1 saturated carbocycles. The van der Waals surface area contributed by atoms with Crippen molar-refractivity contribution in [3.63, 3.8) is 0 Å². The highest BCUT2D eigenvalue weighted by molar-refractivity contribution is 5.82. The smallest absolute Gasteiger partial charge is 0.225 e. The molecular formula is C11H19N3O2. The zero-order chi connectivity index (χ0) is 11.5. The summed E-state index contributed by atoms with van der Waals surface area (Å²) in [6, 6.07) is 0.490. The van der Waals surface area contributed by atoms with Crippen molar-refractivity contribution in [2.75, 3.05) is 20.1 Å². The molecule has 2 N–H and O–H groups in total. The van der Waals surface area contributed by atoms with Gasteiger partial charge in [-0.05, 0) is 19.9 Å². The summed E-state index contributed by atoms with van der Waals surface area (Å²) in [5.41, 5.74) is 0. The standard InChI is InChI=1S/C11H19N3O2/c1-12-5-4-10(15)13-8-6-11(16)14(7-8)9-2-3-9/h8-9,12H,2-7H2,1H3,(H,13,15). The Morgan fingerprint density at radius 2 is 2.25 bits per heavy atom. The van der Waals surface area contributed by atoms with Gasteiger partial charge in [0, 0.05) is 32.0 Å². The highest BCUT2D eigenvalue weighted by atomic mass is 16.2. The van der Waals surface area contributed by atoms with Crippen LogP contribution in [-0.4, -0.2) is 48.9 Å². The summed E-state index contributed by atoms with van der Waals surface area (Å²) in [7, 11) is 1.82. The summed E-state index contributed by atoms with van der Waals surface area (Å²) in [6.07, 6.45) is 3.21. The highest BCUT2D eigenvalue weighted by Gasteiger charge is 2.39. The van der Waals surface area contributed by atoms with Crippen LogP contribution in [0.2, 0.25) is 0 Å². The number of hydrogen-bond acceptors (Lipinski definition) is 3. The lowest BCUT2D eigenvalue weighted by Gasteiger charge is -2.16. The third-order valence-corrected chi connectivity index (χ3v) is 3.11. The molecule has 1 aliphatic carbocycles. The highest BCUT2D eigenvalue weighted by Crippen LogP contribution is 2.30. The van der Waals surface area contributed by atoms with Crippen LogP contribution in [0.3, 0.4) is 0 Å². The van der Waals surface area contributed by atoms with Crippen molar-refractivity contribution < 1.29 is 9.59 Å². The molecule has 0 spiro atoms. The van der Waals surface area contributed by atoms with Crippen molar-refractivity contribution in [1.82, 2.24) is 15.5 Å². The van der Waals surface area contributed by atoms with E-state index in [4.69, 9.17) is 0 Å². The van der Waals surface area contributed by atoms with Gasteiger partial charge in [-0.1, -0.05) is 0 Å². The van der Waals surface area contributed by atoms with Crippen molar-refractivity contribution in [2.45, 2.75) is 37.8 Å². The van der Waals surface area contributed by atoms with E-state index in [0.717, 1.165) is 12.8 Å². The number of carbonyl (C=O) groups is 2. The molecule has 0 aromatic heterocycles. The quantitative estimate of drug-likeness (QED) is 0.661. The van der Waals surface area contributed by atoms with Crippen LogP contribution in [0.1, 0.15) is 25.7 Å². The molecule has 90 valence electrons. The first kappa shape index (κ1) is 11.4. The number of hydrogen-bond donors (Lipinski definition) is 2. The predicted octanol–water partition coefficient (Wildman–Crippen LogP) is -0.525. The third-order valence-electron chi connectivity index (χ3n) is 3.11. The van der Waals surface area contributed by atoms with Crippen LogP contribution in [-0.2, 0) is 9.59 Å². The fraction of sp³-hybridized carbons (Fsp3) is 0.818. The third kappa shape index (κ3) is 2.72. The van der Waals surface area contributed by atoms with Gasteiger partial charge >= 0.3 is 0 Å². The molecule has 5 nitrogen and oxygen atoms in total. The van der Waals surface area contributed by atoms with Crippen LogP contribution >= 0.6 is 0 Å². The SMILES string of the molecule is CNCCC(=O)NC1CC(=O)N(C2CC2)C1. The Hall–Kier alpha value is -1.10. The van der Waals surface area contributed by atoms with Crippen LogP contribution in [0.5, 0.6) is 0 Å². The maximum Gasteiger partial charge on any atom is 0.225 e. The normalized spacial score (nSPS) is 24.9. The molecule has 2 rings (SSSR count). The van der Waals surface area contributed by atoms with Gasteiger partial charge in [0.05, 0.1) is 6.04 Å². The number of carbonyl (C=O) groups excluding carboxylic acids is 2. The van der Waals surface area contributed by atoms with E-state index in [1.807, 2.05) is 11.9 Å². The second-order valence-corrected chi connectivity index (χ2v) is 4.60. The van der Waals surface area contributed by atoms with Crippen LogP contribution in [0.15, 0.2) is 0 Å². The summed E-state index contributed by atoms with van der Waals surface area (Å²) >= 11 is 0. The van der Waals surface area contributed by atoms with Crippen molar-refractivity contribution in [3.05, 3.63) is 0 Å². The predicted molar refractivity (Wildman–Crippen MR) is 59.8 cm³/mol. The Kier molecular flexibility index (Phi) is 3.43. The maximum atomic E-state index is 11.6. The van der Waals surface area contributed by atoms with E-state index in [-0.39, 0.29) is 17.9 Å². The first-order chi connectivity index (χ1) is 7.70. The largest absolute Gasteiger partial charge is 0.351 e. The Labute approximate surface area is 95.6 Å². The summed E-state index contributed by atoms with van der Waals surface area (Å²) in [6.45, 7) is 1.38. The molecule has 1 unspecified atom stereocenters. The molecule has 0 aromatic rings. The molecular weight excluding hydrogens is 206 g/mol. The van der Waals surface area contributed by atoms with Gasteiger partial charge in [-0.15, -0.1) is 0 Å². The number of nitrogens with one attached hydrogen (secondary N) is 2. The van der Waals surface area contributed by atoms with Crippen LogP contribution in [0.4, 0.5) is 0 Å². The van der Waals surface area contributed by atoms with E-state index >= 15 is 0 Å². The van der Waals surface area contributed by atoms with Crippen molar-refractivity contribution >= 4 is 11.8 Å². The minimum absolute atomic E-state index is 0.0254. The average Bonchev–Trinajstić information content (AvgIpc) is 3.01. The van der Waals surface area contributed by atoms with Gasteiger partial charge in [0.15, 0.2) is 0 Å². The Morgan fingerprint density at radius 3 is 2.88 bits per heavy atom. The number of amides is 2. The molecule has 0 radical (unpaired) electrons. The Bertz CT molecular complexity index is 289.